The summed E-state index contributed by atoms with van der Waals surface area (Å²) in [7, 11) is 0. The molecule has 0 spiro atoms. The Morgan fingerprint density at radius 3 is 2.64 bits per heavy atom. The topological polar surface area (TPSA) is 60.9 Å². The number of imide groups is 1. The first kappa shape index (κ1) is 17.9. The number of carbonyl (C=O) groups excluding carboxylic acids is 3. The summed E-state index contributed by atoms with van der Waals surface area (Å²) in [4.78, 5) is 43.9. The van der Waals surface area contributed by atoms with E-state index < -0.39 is 6.04 Å². The number of hydrogen-bond donors (Lipinski definition) is 0. The minimum Gasteiger partial charge on any atom is -0.335 e. The van der Waals surface area contributed by atoms with Crippen LogP contribution in [0.1, 0.15) is 37.4 Å². The number of urea groups is 1. The fourth-order valence-corrected chi connectivity index (χ4v) is 4.29. The summed E-state index contributed by atoms with van der Waals surface area (Å²) in [6.45, 7) is 9.73. The second kappa shape index (κ2) is 6.44. The van der Waals surface area contributed by atoms with E-state index in [9.17, 15) is 14.4 Å². The molecule has 3 heterocycles. The van der Waals surface area contributed by atoms with Crippen molar-refractivity contribution < 1.29 is 14.4 Å². The van der Waals surface area contributed by atoms with Gasteiger partial charge in [-0.05, 0) is 17.4 Å². The van der Waals surface area contributed by atoms with E-state index in [0.717, 1.165) is 0 Å². The molecule has 1 aromatic heterocycles. The fourth-order valence-electron chi connectivity index (χ4n) is 3.60. The number of thiophene rings is 1. The quantitative estimate of drug-likeness (QED) is 0.775. The zero-order chi connectivity index (χ0) is 18.4. The highest BCUT2D eigenvalue weighted by molar-refractivity contribution is 7.12. The van der Waals surface area contributed by atoms with Crippen LogP contribution in [0.25, 0.3) is 0 Å². The van der Waals surface area contributed by atoms with E-state index in [2.05, 4.69) is 0 Å². The van der Waals surface area contributed by atoms with E-state index in [-0.39, 0.29) is 35.7 Å². The standard InChI is InChI=1S/C18H25N3O3S/c1-12(2)8-20-15(22)13-9-19(16(23)14-6-5-7-25-14)10-18(3,4)11-21(13)17(20)24/h5-7,12-13H,8-11H2,1-4H3. The molecule has 1 atom stereocenters. The zero-order valence-electron chi connectivity index (χ0n) is 15.2. The monoisotopic (exact) mass is 363 g/mol. The molecule has 4 amide bonds. The average Bonchev–Trinajstić information content (AvgIpc) is 3.08. The third-order valence-corrected chi connectivity index (χ3v) is 5.44. The first-order chi connectivity index (χ1) is 11.7. The largest absolute Gasteiger partial charge is 0.335 e. The molecule has 7 heteroatoms. The molecule has 2 aliphatic rings. The molecular weight excluding hydrogens is 338 g/mol. The SMILES string of the molecule is CC(C)CN1C(=O)C2CN(C(=O)c3cccs3)CC(C)(C)CN2C1=O. The first-order valence-corrected chi connectivity index (χ1v) is 9.52. The Morgan fingerprint density at radius 1 is 1.32 bits per heavy atom. The fraction of sp³-hybridized carbons (Fsp3) is 0.611. The van der Waals surface area contributed by atoms with Crippen molar-refractivity contribution in [3.8, 4) is 0 Å². The van der Waals surface area contributed by atoms with Gasteiger partial charge in [-0.3, -0.25) is 14.5 Å². The molecule has 2 aliphatic heterocycles. The molecule has 1 unspecified atom stereocenters. The van der Waals surface area contributed by atoms with Crippen molar-refractivity contribution in [3.63, 3.8) is 0 Å². The maximum atomic E-state index is 12.8. The highest BCUT2D eigenvalue weighted by Crippen LogP contribution is 2.31. The van der Waals surface area contributed by atoms with Crippen molar-refractivity contribution in [2.24, 2.45) is 11.3 Å². The molecule has 25 heavy (non-hydrogen) atoms. The lowest BCUT2D eigenvalue weighted by Gasteiger charge is -2.30. The molecule has 136 valence electrons. The highest BCUT2D eigenvalue weighted by atomic mass is 32.1. The van der Waals surface area contributed by atoms with Gasteiger partial charge in [-0.1, -0.05) is 33.8 Å². The Labute approximate surface area is 152 Å². The molecule has 0 radical (unpaired) electrons. The first-order valence-electron chi connectivity index (χ1n) is 8.64. The van der Waals surface area contributed by atoms with E-state index in [1.54, 1.807) is 15.9 Å². The van der Waals surface area contributed by atoms with Crippen LogP contribution in [0.4, 0.5) is 4.79 Å². The van der Waals surface area contributed by atoms with Gasteiger partial charge in [-0.15, -0.1) is 11.3 Å². The Bertz CT molecular complexity index is 684. The van der Waals surface area contributed by atoms with Gasteiger partial charge in [0.15, 0.2) is 0 Å². The predicted molar refractivity (Wildman–Crippen MR) is 96.4 cm³/mol. The van der Waals surface area contributed by atoms with Crippen LogP contribution in [-0.4, -0.2) is 64.8 Å². The molecular formula is C18H25N3O3S. The summed E-state index contributed by atoms with van der Waals surface area (Å²) in [5.41, 5.74) is -0.272. The van der Waals surface area contributed by atoms with Crippen molar-refractivity contribution in [2.75, 3.05) is 26.2 Å². The number of nitrogens with zero attached hydrogens (tertiary/aromatic N) is 3. The van der Waals surface area contributed by atoms with Crippen LogP contribution in [0.5, 0.6) is 0 Å². The number of rotatable bonds is 3. The smallest absolute Gasteiger partial charge is 0.327 e. The summed E-state index contributed by atoms with van der Waals surface area (Å²) in [6.07, 6.45) is 0. The molecule has 0 N–H and O–H groups in total. The van der Waals surface area contributed by atoms with Gasteiger partial charge >= 0.3 is 6.03 Å². The lowest BCUT2D eigenvalue weighted by Crippen LogP contribution is -2.44. The Morgan fingerprint density at radius 2 is 2.04 bits per heavy atom. The number of hydrogen-bond acceptors (Lipinski definition) is 4. The van der Waals surface area contributed by atoms with E-state index >= 15 is 0 Å². The molecule has 0 bridgehead atoms. The van der Waals surface area contributed by atoms with Crippen LogP contribution in [0.15, 0.2) is 17.5 Å². The Kier molecular flexibility index (Phi) is 4.62. The van der Waals surface area contributed by atoms with Crippen molar-refractivity contribution in [1.82, 2.24) is 14.7 Å². The van der Waals surface area contributed by atoms with Crippen LogP contribution in [0.2, 0.25) is 0 Å². The molecule has 2 saturated heterocycles. The number of amides is 4. The Hall–Kier alpha value is -1.89. The predicted octanol–water partition coefficient (Wildman–Crippen LogP) is 2.52. The average molecular weight is 363 g/mol. The van der Waals surface area contributed by atoms with Crippen LogP contribution < -0.4 is 0 Å². The van der Waals surface area contributed by atoms with Gasteiger partial charge in [0.2, 0.25) is 0 Å². The third kappa shape index (κ3) is 3.42. The van der Waals surface area contributed by atoms with Crippen molar-refractivity contribution in [1.29, 1.82) is 0 Å². The second-order valence-corrected chi connectivity index (χ2v) is 9.04. The molecule has 3 rings (SSSR count). The van der Waals surface area contributed by atoms with E-state index in [1.165, 1.54) is 16.2 Å². The minimum absolute atomic E-state index is 0.0625. The lowest BCUT2D eigenvalue weighted by atomic mass is 9.92. The maximum absolute atomic E-state index is 12.8. The highest BCUT2D eigenvalue weighted by Gasteiger charge is 2.50. The summed E-state index contributed by atoms with van der Waals surface area (Å²) in [6, 6.07) is 2.86. The molecule has 0 saturated carbocycles. The summed E-state index contributed by atoms with van der Waals surface area (Å²) in [5.74, 6) is -0.0267. The second-order valence-electron chi connectivity index (χ2n) is 8.10. The molecule has 1 aromatic rings. The van der Waals surface area contributed by atoms with Crippen LogP contribution in [-0.2, 0) is 4.79 Å². The van der Waals surface area contributed by atoms with Crippen LogP contribution in [0, 0.1) is 11.3 Å². The summed E-state index contributed by atoms with van der Waals surface area (Å²) < 4.78 is 0. The normalized spacial score (nSPS) is 23.2. The van der Waals surface area contributed by atoms with E-state index in [0.29, 0.717) is 24.5 Å². The van der Waals surface area contributed by atoms with E-state index in [1.807, 2.05) is 39.1 Å². The molecule has 0 aliphatic carbocycles. The van der Waals surface area contributed by atoms with Crippen LogP contribution >= 0.6 is 11.3 Å². The summed E-state index contributed by atoms with van der Waals surface area (Å²) >= 11 is 1.40. The van der Waals surface area contributed by atoms with Gasteiger partial charge < -0.3 is 9.80 Å². The van der Waals surface area contributed by atoms with Crippen molar-refractivity contribution in [2.45, 2.75) is 33.7 Å². The molecule has 0 aromatic carbocycles. The number of carbonyl (C=O) groups is 3. The van der Waals surface area contributed by atoms with E-state index in [4.69, 9.17) is 0 Å². The Balaban J connectivity index is 1.89. The van der Waals surface area contributed by atoms with Gasteiger partial charge in [0.25, 0.3) is 11.8 Å². The maximum Gasteiger partial charge on any atom is 0.327 e. The lowest BCUT2D eigenvalue weighted by molar-refractivity contribution is -0.128. The minimum atomic E-state index is -0.572. The van der Waals surface area contributed by atoms with Gasteiger partial charge in [0, 0.05) is 25.0 Å². The van der Waals surface area contributed by atoms with Crippen LogP contribution in [0.3, 0.4) is 0 Å². The molecule has 6 nitrogen and oxygen atoms in total. The van der Waals surface area contributed by atoms with Gasteiger partial charge in [-0.25, -0.2) is 4.79 Å². The van der Waals surface area contributed by atoms with Crippen molar-refractivity contribution >= 4 is 29.2 Å². The van der Waals surface area contributed by atoms with Gasteiger partial charge in [-0.2, -0.15) is 0 Å². The number of fused-ring (bicyclic) bond motifs is 1. The molecule has 2 fully saturated rings. The van der Waals surface area contributed by atoms with Gasteiger partial charge in [0.1, 0.15) is 6.04 Å². The third-order valence-electron chi connectivity index (χ3n) is 4.58. The zero-order valence-corrected chi connectivity index (χ0v) is 16.0. The van der Waals surface area contributed by atoms with Gasteiger partial charge in [0.05, 0.1) is 11.4 Å². The van der Waals surface area contributed by atoms with Crippen molar-refractivity contribution in [3.05, 3.63) is 22.4 Å². The summed E-state index contributed by atoms with van der Waals surface area (Å²) in [5, 5.41) is 1.87.